The Morgan fingerprint density at radius 3 is 2.77 bits per heavy atom. The number of nitrogens with two attached hydrogens (primary N) is 1. The molecule has 0 unspecified atom stereocenters. The van der Waals surface area contributed by atoms with Crippen molar-refractivity contribution in [3.05, 3.63) is 57.9 Å². The van der Waals surface area contributed by atoms with Crippen LogP contribution in [0.25, 0.3) is 10.9 Å². The number of hydrogen-bond donors (Lipinski definition) is 1. The average Bonchev–Trinajstić information content (AvgIpc) is 3.16. The monoisotopic (exact) mass is 385 g/mol. The fourth-order valence-electron chi connectivity index (χ4n) is 3.95. The molecule has 0 spiro atoms. The number of nitrogens with zero attached hydrogens (tertiary/aromatic N) is 2. The van der Waals surface area contributed by atoms with Gasteiger partial charge in [-0.25, -0.2) is 0 Å². The van der Waals surface area contributed by atoms with Crippen LogP contribution in [0.3, 0.4) is 0 Å². The summed E-state index contributed by atoms with van der Waals surface area (Å²) in [7, 11) is 0. The molecule has 2 heterocycles. The minimum atomic E-state index is 0.359. The Hall–Kier alpha value is -1.62. The Bertz CT molecular complexity index is 857. The van der Waals surface area contributed by atoms with Crippen LogP contribution in [0.2, 0.25) is 5.02 Å². The SMILES string of the molecule is NC1CCC(N(CCc2ccsc2)c2ccnc3cc(Cl)ccc23)CC1. The zero-order chi connectivity index (χ0) is 17.9. The number of rotatable bonds is 5. The van der Waals surface area contributed by atoms with E-state index in [0.717, 1.165) is 49.2 Å². The van der Waals surface area contributed by atoms with E-state index in [1.54, 1.807) is 11.3 Å². The molecule has 3 nitrogen and oxygen atoms in total. The van der Waals surface area contributed by atoms with Crippen LogP contribution in [0.4, 0.5) is 5.69 Å². The molecule has 5 heteroatoms. The minimum absolute atomic E-state index is 0.359. The summed E-state index contributed by atoms with van der Waals surface area (Å²) in [6.45, 7) is 1.01. The van der Waals surface area contributed by atoms with E-state index >= 15 is 0 Å². The van der Waals surface area contributed by atoms with Crippen LogP contribution in [-0.2, 0) is 6.42 Å². The number of anilines is 1. The van der Waals surface area contributed by atoms with E-state index in [-0.39, 0.29) is 0 Å². The van der Waals surface area contributed by atoms with Crippen LogP contribution < -0.4 is 10.6 Å². The lowest BCUT2D eigenvalue weighted by Crippen LogP contribution is -2.42. The molecule has 2 N–H and O–H groups in total. The number of benzene rings is 1. The van der Waals surface area contributed by atoms with Crippen molar-refractivity contribution in [2.45, 2.75) is 44.2 Å². The molecule has 136 valence electrons. The molecular weight excluding hydrogens is 362 g/mol. The minimum Gasteiger partial charge on any atom is -0.368 e. The maximum Gasteiger partial charge on any atom is 0.0737 e. The highest BCUT2D eigenvalue weighted by molar-refractivity contribution is 7.07. The number of halogens is 1. The molecule has 0 aliphatic heterocycles. The summed E-state index contributed by atoms with van der Waals surface area (Å²) in [6, 6.07) is 11.3. The number of hydrogen-bond acceptors (Lipinski definition) is 4. The molecular formula is C21H24ClN3S. The van der Waals surface area contributed by atoms with E-state index in [2.05, 4.69) is 38.8 Å². The molecule has 0 saturated heterocycles. The highest BCUT2D eigenvalue weighted by Gasteiger charge is 2.25. The van der Waals surface area contributed by atoms with Crippen LogP contribution in [0.5, 0.6) is 0 Å². The first-order valence-corrected chi connectivity index (χ1v) is 10.6. The second-order valence-electron chi connectivity index (χ2n) is 7.14. The van der Waals surface area contributed by atoms with Gasteiger partial charge in [0.25, 0.3) is 0 Å². The van der Waals surface area contributed by atoms with Gasteiger partial charge >= 0.3 is 0 Å². The summed E-state index contributed by atoms with van der Waals surface area (Å²) in [5, 5.41) is 6.32. The largest absolute Gasteiger partial charge is 0.368 e. The van der Waals surface area contributed by atoms with Gasteiger partial charge in [-0.1, -0.05) is 11.6 Å². The standard InChI is InChI=1S/C21H24ClN3S/c22-16-1-6-19-20(13-16)24-10-7-21(19)25(11-8-15-9-12-26-14-15)18-4-2-17(23)3-5-18/h1,6-7,9-10,12-14,17-18H,2-5,8,11,23H2. The van der Waals surface area contributed by atoms with Crippen LogP contribution >= 0.6 is 22.9 Å². The summed E-state index contributed by atoms with van der Waals surface area (Å²) >= 11 is 7.95. The fourth-order valence-corrected chi connectivity index (χ4v) is 4.82. The molecule has 26 heavy (non-hydrogen) atoms. The van der Waals surface area contributed by atoms with E-state index in [4.69, 9.17) is 17.3 Å². The van der Waals surface area contributed by atoms with Crippen molar-refractivity contribution in [1.82, 2.24) is 4.98 Å². The Balaban J connectivity index is 1.67. The molecule has 4 rings (SSSR count). The zero-order valence-electron chi connectivity index (χ0n) is 14.8. The molecule has 1 saturated carbocycles. The van der Waals surface area contributed by atoms with Crippen molar-refractivity contribution < 1.29 is 0 Å². The predicted octanol–water partition coefficient (Wildman–Crippen LogP) is 5.27. The normalized spacial score (nSPS) is 20.4. The smallest absolute Gasteiger partial charge is 0.0737 e. The lowest BCUT2D eigenvalue weighted by molar-refractivity contribution is 0.376. The van der Waals surface area contributed by atoms with Crippen LogP contribution in [-0.4, -0.2) is 23.6 Å². The van der Waals surface area contributed by atoms with Crippen molar-refractivity contribution >= 4 is 39.5 Å². The summed E-state index contributed by atoms with van der Waals surface area (Å²) in [6.07, 6.45) is 7.48. The first kappa shape index (κ1) is 17.8. The van der Waals surface area contributed by atoms with Crippen molar-refractivity contribution in [3.8, 4) is 0 Å². The van der Waals surface area contributed by atoms with Crippen LogP contribution in [0, 0.1) is 0 Å². The quantitative estimate of drug-likeness (QED) is 0.650. The lowest BCUT2D eigenvalue weighted by atomic mass is 9.90. The Morgan fingerprint density at radius 1 is 1.15 bits per heavy atom. The van der Waals surface area contributed by atoms with E-state index in [0.29, 0.717) is 12.1 Å². The number of aromatic nitrogens is 1. The van der Waals surface area contributed by atoms with Crippen molar-refractivity contribution in [2.75, 3.05) is 11.4 Å². The highest BCUT2D eigenvalue weighted by atomic mass is 35.5. The second kappa shape index (κ2) is 7.95. The van der Waals surface area contributed by atoms with Gasteiger partial charge in [-0.3, -0.25) is 4.98 Å². The third-order valence-corrected chi connectivity index (χ3v) is 6.36. The molecule has 1 aromatic carbocycles. The predicted molar refractivity (Wildman–Crippen MR) is 112 cm³/mol. The summed E-state index contributed by atoms with van der Waals surface area (Å²) in [4.78, 5) is 7.11. The van der Waals surface area contributed by atoms with Crippen LogP contribution in [0.15, 0.2) is 47.3 Å². The molecule has 1 aliphatic rings. The molecule has 2 aromatic heterocycles. The topological polar surface area (TPSA) is 42.1 Å². The molecule has 0 bridgehead atoms. The van der Waals surface area contributed by atoms with E-state index in [1.807, 2.05) is 18.3 Å². The maximum atomic E-state index is 6.18. The Labute approximate surface area is 163 Å². The van der Waals surface area contributed by atoms with Gasteiger partial charge in [-0.2, -0.15) is 11.3 Å². The van der Waals surface area contributed by atoms with E-state index in [1.165, 1.54) is 16.6 Å². The van der Waals surface area contributed by atoms with Crippen molar-refractivity contribution in [2.24, 2.45) is 5.73 Å². The molecule has 0 radical (unpaired) electrons. The third kappa shape index (κ3) is 3.88. The van der Waals surface area contributed by atoms with Gasteiger partial charge in [0.05, 0.1) is 5.52 Å². The molecule has 1 fully saturated rings. The van der Waals surface area contributed by atoms with Gasteiger partial charge in [-0.15, -0.1) is 0 Å². The van der Waals surface area contributed by atoms with Gasteiger partial charge < -0.3 is 10.6 Å². The number of fused-ring (bicyclic) bond motifs is 1. The number of pyridine rings is 1. The lowest BCUT2D eigenvalue weighted by Gasteiger charge is -2.38. The van der Waals surface area contributed by atoms with E-state index in [9.17, 15) is 0 Å². The Kier molecular flexibility index (Phi) is 5.44. The van der Waals surface area contributed by atoms with E-state index < -0.39 is 0 Å². The molecule has 3 aromatic rings. The highest BCUT2D eigenvalue weighted by Crippen LogP contribution is 2.33. The average molecular weight is 386 g/mol. The van der Waals surface area contributed by atoms with Gasteiger partial charge in [0, 0.05) is 40.9 Å². The molecule has 0 amide bonds. The van der Waals surface area contributed by atoms with Crippen molar-refractivity contribution in [1.29, 1.82) is 0 Å². The zero-order valence-corrected chi connectivity index (χ0v) is 16.3. The van der Waals surface area contributed by atoms with Gasteiger partial charge in [-0.05, 0) is 78.8 Å². The van der Waals surface area contributed by atoms with Gasteiger partial charge in [0.1, 0.15) is 0 Å². The summed E-state index contributed by atoms with van der Waals surface area (Å²) in [5.41, 5.74) is 9.79. The first-order valence-electron chi connectivity index (χ1n) is 9.28. The Morgan fingerprint density at radius 2 is 2.00 bits per heavy atom. The van der Waals surface area contributed by atoms with Crippen molar-refractivity contribution in [3.63, 3.8) is 0 Å². The molecule has 0 atom stereocenters. The summed E-state index contributed by atoms with van der Waals surface area (Å²) < 4.78 is 0. The maximum absolute atomic E-state index is 6.18. The second-order valence-corrected chi connectivity index (χ2v) is 8.35. The first-order chi connectivity index (χ1) is 12.7. The third-order valence-electron chi connectivity index (χ3n) is 5.39. The fraction of sp³-hybridized carbons (Fsp3) is 0.381. The summed E-state index contributed by atoms with van der Waals surface area (Å²) in [5.74, 6) is 0. The number of thiophene rings is 1. The molecule has 1 aliphatic carbocycles. The van der Waals surface area contributed by atoms with Gasteiger partial charge in [0.15, 0.2) is 0 Å². The van der Waals surface area contributed by atoms with Gasteiger partial charge in [0.2, 0.25) is 0 Å². The van der Waals surface area contributed by atoms with Crippen LogP contribution in [0.1, 0.15) is 31.2 Å².